The van der Waals surface area contributed by atoms with Gasteiger partial charge >= 0.3 is 11.9 Å². The highest BCUT2D eigenvalue weighted by molar-refractivity contribution is 7.92. The molecule has 0 spiro atoms. The fourth-order valence-electron chi connectivity index (χ4n) is 2.85. The van der Waals surface area contributed by atoms with E-state index in [0.29, 0.717) is 25.4 Å². The van der Waals surface area contributed by atoms with E-state index in [9.17, 15) is 45.6 Å². The summed E-state index contributed by atoms with van der Waals surface area (Å²) < 4.78 is 80.0. The lowest BCUT2D eigenvalue weighted by molar-refractivity contribution is -0.143. The zero-order valence-electron chi connectivity index (χ0n) is 16.2. The van der Waals surface area contributed by atoms with Gasteiger partial charge in [0, 0.05) is 19.0 Å². The highest BCUT2D eigenvalue weighted by Gasteiger charge is 2.40. The number of carbonyl (C=O) groups is 1. The van der Waals surface area contributed by atoms with Gasteiger partial charge in [0.05, 0.1) is 23.1 Å². The van der Waals surface area contributed by atoms with Crippen LogP contribution in [0.2, 0.25) is 0 Å². The van der Waals surface area contributed by atoms with Crippen LogP contribution in [0.3, 0.4) is 0 Å². The minimum Gasteiger partial charge on any atom is -0.292 e. The summed E-state index contributed by atoms with van der Waals surface area (Å²) in [6.45, 7) is 1.29. The topological polar surface area (TPSA) is 133 Å². The minimum atomic E-state index is -5.28. The number of anilines is 1. The Bertz CT molecular complexity index is 1340. The Hall–Kier alpha value is -3.47. The second kappa shape index (κ2) is 7.99. The molecule has 0 unspecified atom stereocenters. The van der Waals surface area contributed by atoms with Gasteiger partial charge in [0.1, 0.15) is 17.6 Å². The van der Waals surface area contributed by atoms with E-state index in [1.54, 1.807) is 4.98 Å². The van der Waals surface area contributed by atoms with Crippen LogP contribution in [0.25, 0.3) is 11.1 Å². The van der Waals surface area contributed by atoms with Crippen molar-refractivity contribution >= 4 is 21.6 Å². The Kier molecular flexibility index (Phi) is 6.13. The van der Waals surface area contributed by atoms with Crippen molar-refractivity contribution in [2.24, 2.45) is 7.05 Å². The molecule has 0 aliphatic carbocycles. The highest BCUT2D eigenvalue weighted by atomic mass is 32.2. The second-order valence-electron chi connectivity index (χ2n) is 6.28. The fraction of sp³-hybridized carbons (Fsp3) is 0.294. The third-order valence-corrected chi connectivity index (χ3v) is 5.21. The molecule has 2 aromatic rings. The van der Waals surface area contributed by atoms with Crippen LogP contribution in [-0.2, 0) is 28.0 Å². The number of hydrogen-bond acceptors (Lipinski definition) is 6. The molecule has 9 nitrogen and oxygen atoms in total. The normalized spacial score (nSPS) is 11.8. The quantitative estimate of drug-likeness (QED) is 0.685. The number of rotatable bonds is 4. The summed E-state index contributed by atoms with van der Waals surface area (Å²) in [4.78, 5) is 37.7. The summed E-state index contributed by atoms with van der Waals surface area (Å²) in [5.74, 6) is -2.53. The van der Waals surface area contributed by atoms with Crippen LogP contribution < -0.4 is 15.6 Å². The lowest BCUT2D eigenvalue weighted by Gasteiger charge is -2.22. The van der Waals surface area contributed by atoms with Gasteiger partial charge in [0.25, 0.3) is 5.56 Å². The summed E-state index contributed by atoms with van der Waals surface area (Å²) in [6, 6.07) is 2.34. The van der Waals surface area contributed by atoms with E-state index in [1.165, 1.54) is 13.0 Å². The van der Waals surface area contributed by atoms with Gasteiger partial charge in [-0.1, -0.05) is 6.92 Å². The molecule has 31 heavy (non-hydrogen) atoms. The van der Waals surface area contributed by atoms with Crippen molar-refractivity contribution in [3.05, 3.63) is 50.0 Å². The van der Waals surface area contributed by atoms with Crippen molar-refractivity contribution in [2.45, 2.75) is 19.5 Å². The zero-order valence-corrected chi connectivity index (χ0v) is 17.0. The highest BCUT2D eigenvalue weighted by Crippen LogP contribution is 2.37. The smallest absolute Gasteiger partial charge is 0.292 e. The third-order valence-electron chi connectivity index (χ3n) is 4.15. The average molecular weight is 462 g/mol. The van der Waals surface area contributed by atoms with Crippen LogP contribution in [-0.4, -0.2) is 30.1 Å². The molecule has 1 amide bonds. The van der Waals surface area contributed by atoms with Crippen molar-refractivity contribution in [3.63, 3.8) is 0 Å². The predicted molar refractivity (Wildman–Crippen MR) is 100 cm³/mol. The molecule has 0 aliphatic heterocycles. The average Bonchev–Trinajstić information content (AvgIpc) is 2.63. The number of alkyl halides is 3. The SMILES string of the molecule is CCC(=O)N(c1cc(-c2c(C(F)(F)F)n(C)c(=O)[nH]c2=O)c(F)cc1C#N)S(C)(=O)=O. The van der Waals surface area contributed by atoms with Gasteiger partial charge in [0.2, 0.25) is 15.9 Å². The number of sulfonamides is 1. The molecule has 0 saturated carbocycles. The van der Waals surface area contributed by atoms with E-state index >= 15 is 0 Å². The lowest BCUT2D eigenvalue weighted by Crippen LogP contribution is -2.37. The number of aromatic amines is 1. The van der Waals surface area contributed by atoms with Gasteiger partial charge < -0.3 is 0 Å². The van der Waals surface area contributed by atoms with E-state index in [0.717, 1.165) is 0 Å². The molecule has 0 saturated heterocycles. The molecule has 0 aliphatic rings. The van der Waals surface area contributed by atoms with Crippen LogP contribution in [0, 0.1) is 17.1 Å². The number of nitrogens with zero attached hydrogens (tertiary/aromatic N) is 3. The maximum absolute atomic E-state index is 14.7. The molecular weight excluding hydrogens is 448 g/mol. The van der Waals surface area contributed by atoms with Crippen LogP contribution in [0.4, 0.5) is 23.2 Å². The molecular formula is C17H14F4N4O5S. The van der Waals surface area contributed by atoms with Gasteiger partial charge in [-0.25, -0.2) is 21.9 Å². The Morgan fingerprint density at radius 3 is 2.32 bits per heavy atom. The number of aromatic nitrogens is 2. The van der Waals surface area contributed by atoms with Crippen LogP contribution in [0.5, 0.6) is 0 Å². The van der Waals surface area contributed by atoms with Gasteiger partial charge in [-0.05, 0) is 12.1 Å². The molecule has 0 atom stereocenters. The molecule has 166 valence electrons. The first kappa shape index (κ1) is 23.8. The maximum Gasteiger partial charge on any atom is 0.432 e. The molecule has 0 fully saturated rings. The molecule has 2 rings (SSSR count). The van der Waals surface area contributed by atoms with E-state index in [1.807, 2.05) is 0 Å². The standard InChI is InChI=1S/C17H14F4N4O5S/c1-4-12(26)25(31(3,29)30)11-6-9(10(18)5-8(11)7-22)13-14(17(19,20)21)24(2)16(28)23-15(13)27/h5-6H,4H2,1-3H3,(H,23,27,28). The first-order chi connectivity index (χ1) is 14.1. The molecule has 1 aromatic carbocycles. The van der Waals surface area contributed by atoms with Crippen molar-refractivity contribution < 1.29 is 30.8 Å². The summed E-state index contributed by atoms with van der Waals surface area (Å²) >= 11 is 0. The van der Waals surface area contributed by atoms with Crippen LogP contribution in [0.1, 0.15) is 24.6 Å². The number of hydrogen-bond donors (Lipinski definition) is 1. The van der Waals surface area contributed by atoms with E-state index in [-0.39, 0.29) is 15.3 Å². The van der Waals surface area contributed by atoms with Gasteiger partial charge in [-0.15, -0.1) is 0 Å². The zero-order chi connectivity index (χ0) is 23.9. The Balaban J connectivity index is 3.08. The van der Waals surface area contributed by atoms with Crippen molar-refractivity contribution in [1.82, 2.24) is 9.55 Å². The summed E-state index contributed by atoms with van der Waals surface area (Å²) in [5.41, 5.74) is -8.63. The van der Waals surface area contributed by atoms with Crippen LogP contribution in [0.15, 0.2) is 21.7 Å². The molecule has 14 heteroatoms. The van der Waals surface area contributed by atoms with Gasteiger partial charge in [-0.2, -0.15) is 18.4 Å². The number of halogens is 4. The Morgan fingerprint density at radius 1 is 1.29 bits per heavy atom. The summed E-state index contributed by atoms with van der Waals surface area (Å²) in [7, 11) is -3.70. The lowest BCUT2D eigenvalue weighted by atomic mass is 10.0. The van der Waals surface area contributed by atoms with Crippen LogP contribution >= 0.6 is 0 Å². The molecule has 1 aromatic heterocycles. The molecule has 1 heterocycles. The molecule has 1 N–H and O–H groups in total. The Labute approximate surface area is 172 Å². The van der Waals surface area contributed by atoms with Gasteiger partial charge in [-0.3, -0.25) is 19.1 Å². The number of nitriles is 1. The number of H-pyrrole nitrogens is 1. The van der Waals surface area contributed by atoms with E-state index in [2.05, 4.69) is 0 Å². The summed E-state index contributed by atoms with van der Waals surface area (Å²) in [5, 5.41) is 9.25. The van der Waals surface area contributed by atoms with Gasteiger partial charge in [0.15, 0.2) is 0 Å². The first-order valence-corrected chi connectivity index (χ1v) is 10.2. The predicted octanol–water partition coefficient (Wildman–Crippen LogP) is 1.47. The number of nitrogens with one attached hydrogen (secondary N) is 1. The monoisotopic (exact) mass is 462 g/mol. The number of carbonyl (C=O) groups excluding carboxylic acids is 1. The fourth-order valence-corrected chi connectivity index (χ4v) is 3.86. The number of amides is 1. The van der Waals surface area contributed by atoms with Crippen molar-refractivity contribution in [1.29, 1.82) is 5.26 Å². The third kappa shape index (κ3) is 4.36. The largest absolute Gasteiger partial charge is 0.432 e. The summed E-state index contributed by atoms with van der Waals surface area (Å²) in [6.07, 6.45) is -5.06. The van der Waals surface area contributed by atoms with E-state index in [4.69, 9.17) is 0 Å². The molecule has 0 bridgehead atoms. The number of benzene rings is 1. The second-order valence-corrected chi connectivity index (χ2v) is 8.11. The first-order valence-electron chi connectivity index (χ1n) is 8.32. The van der Waals surface area contributed by atoms with E-state index < -0.39 is 67.2 Å². The van der Waals surface area contributed by atoms with Crippen molar-refractivity contribution in [2.75, 3.05) is 10.6 Å². The maximum atomic E-state index is 14.7. The minimum absolute atomic E-state index is 0.0412. The molecule has 0 radical (unpaired) electrons. The van der Waals surface area contributed by atoms with Crippen molar-refractivity contribution in [3.8, 4) is 17.2 Å². The Morgan fingerprint density at radius 2 is 1.87 bits per heavy atom.